The average molecular weight is 433 g/mol. The highest BCUT2D eigenvalue weighted by molar-refractivity contribution is 6.33. The molecule has 0 spiro atoms. The van der Waals surface area contributed by atoms with Crippen LogP contribution >= 0.6 is 11.6 Å². The molecular weight excluding hydrogens is 412 g/mol. The van der Waals surface area contributed by atoms with E-state index < -0.39 is 0 Å². The normalized spacial score (nSPS) is 10.8. The number of anilines is 1. The van der Waals surface area contributed by atoms with Crippen molar-refractivity contribution in [3.05, 3.63) is 82.9 Å². The molecule has 0 saturated carbocycles. The summed E-state index contributed by atoms with van der Waals surface area (Å²) in [5.41, 5.74) is 4.54. The molecule has 1 heterocycles. The van der Waals surface area contributed by atoms with Gasteiger partial charge in [0.1, 0.15) is 5.82 Å². The van der Waals surface area contributed by atoms with Gasteiger partial charge in [-0.25, -0.2) is 4.98 Å². The van der Waals surface area contributed by atoms with Gasteiger partial charge in [-0.3, -0.25) is 9.59 Å². The Morgan fingerprint density at radius 3 is 2.61 bits per heavy atom. The van der Waals surface area contributed by atoms with E-state index in [-0.39, 0.29) is 24.8 Å². The van der Waals surface area contributed by atoms with Crippen LogP contribution in [0.15, 0.2) is 66.7 Å². The maximum Gasteiger partial charge on any atom is 0.251 e. The molecule has 0 saturated heterocycles. The van der Waals surface area contributed by atoms with Crippen LogP contribution in [0.2, 0.25) is 5.02 Å². The molecule has 3 N–H and O–H groups in total. The van der Waals surface area contributed by atoms with Crippen molar-refractivity contribution in [3.63, 3.8) is 0 Å². The Bertz CT molecular complexity index is 1270. The first-order valence-electron chi connectivity index (χ1n) is 9.89. The minimum absolute atomic E-state index is 0.170. The van der Waals surface area contributed by atoms with E-state index in [4.69, 9.17) is 11.6 Å². The lowest BCUT2D eigenvalue weighted by Gasteiger charge is -2.08. The molecule has 31 heavy (non-hydrogen) atoms. The maximum atomic E-state index is 12.3. The van der Waals surface area contributed by atoms with Crippen LogP contribution in [0.25, 0.3) is 22.4 Å². The molecule has 156 valence electrons. The van der Waals surface area contributed by atoms with Gasteiger partial charge in [-0.15, -0.1) is 0 Å². The van der Waals surface area contributed by atoms with Crippen LogP contribution in [-0.4, -0.2) is 28.3 Å². The van der Waals surface area contributed by atoms with Crippen molar-refractivity contribution in [1.82, 2.24) is 15.3 Å². The van der Waals surface area contributed by atoms with Crippen molar-refractivity contribution in [3.8, 4) is 11.4 Å². The molecule has 0 aliphatic heterocycles. The van der Waals surface area contributed by atoms with Gasteiger partial charge in [-0.1, -0.05) is 41.9 Å². The lowest BCUT2D eigenvalue weighted by Crippen LogP contribution is -2.28. The molecule has 7 heteroatoms. The molecule has 0 aliphatic carbocycles. The second-order valence-corrected chi connectivity index (χ2v) is 7.57. The molecule has 0 bridgehead atoms. The van der Waals surface area contributed by atoms with E-state index >= 15 is 0 Å². The highest BCUT2D eigenvalue weighted by Gasteiger charge is 2.11. The highest BCUT2D eigenvalue weighted by atomic mass is 35.5. The standard InChI is InChI=1S/C24H21ClN4O2/c1-15-6-2-3-7-17(15)24(31)26-13-12-22(30)27-16-10-11-20-21(14-16)29-23(28-20)18-8-4-5-9-19(18)25/h2-11,14H,12-13H2,1H3,(H,26,31)(H,27,30)(H,28,29). The van der Waals surface area contributed by atoms with Gasteiger partial charge >= 0.3 is 0 Å². The summed E-state index contributed by atoms with van der Waals surface area (Å²) in [7, 11) is 0. The summed E-state index contributed by atoms with van der Waals surface area (Å²) in [6, 6.07) is 20.3. The van der Waals surface area contributed by atoms with Crippen molar-refractivity contribution >= 4 is 40.1 Å². The van der Waals surface area contributed by atoms with Crippen molar-refractivity contribution in [2.75, 3.05) is 11.9 Å². The van der Waals surface area contributed by atoms with Crippen LogP contribution in [0.4, 0.5) is 5.69 Å². The molecule has 0 aliphatic rings. The summed E-state index contributed by atoms with van der Waals surface area (Å²) < 4.78 is 0. The summed E-state index contributed by atoms with van der Waals surface area (Å²) in [6.45, 7) is 2.13. The van der Waals surface area contributed by atoms with E-state index in [0.29, 0.717) is 22.1 Å². The Labute approximate surface area is 184 Å². The second-order valence-electron chi connectivity index (χ2n) is 7.17. The maximum absolute atomic E-state index is 12.3. The van der Waals surface area contributed by atoms with Crippen LogP contribution < -0.4 is 10.6 Å². The number of halogens is 1. The smallest absolute Gasteiger partial charge is 0.251 e. The number of rotatable bonds is 6. The predicted molar refractivity (Wildman–Crippen MR) is 123 cm³/mol. The third-order valence-corrected chi connectivity index (χ3v) is 5.25. The topological polar surface area (TPSA) is 86.9 Å². The Morgan fingerprint density at radius 1 is 1.03 bits per heavy atom. The molecule has 0 radical (unpaired) electrons. The molecule has 0 unspecified atom stereocenters. The van der Waals surface area contributed by atoms with Gasteiger partial charge in [0.15, 0.2) is 0 Å². The van der Waals surface area contributed by atoms with Gasteiger partial charge in [-0.05, 0) is 48.9 Å². The molecule has 2 amide bonds. The zero-order valence-corrected chi connectivity index (χ0v) is 17.7. The van der Waals surface area contributed by atoms with Crippen LogP contribution in [-0.2, 0) is 4.79 Å². The number of H-pyrrole nitrogens is 1. The number of nitrogens with zero attached hydrogens (tertiary/aromatic N) is 1. The van der Waals surface area contributed by atoms with Crippen LogP contribution in [0.5, 0.6) is 0 Å². The molecule has 6 nitrogen and oxygen atoms in total. The summed E-state index contributed by atoms with van der Waals surface area (Å²) >= 11 is 6.26. The number of aryl methyl sites for hydroxylation is 1. The Balaban J connectivity index is 1.37. The lowest BCUT2D eigenvalue weighted by atomic mass is 10.1. The first-order chi connectivity index (χ1) is 15.0. The minimum atomic E-state index is -0.185. The zero-order chi connectivity index (χ0) is 21.8. The van der Waals surface area contributed by atoms with Gasteiger partial charge in [0, 0.05) is 29.8 Å². The van der Waals surface area contributed by atoms with Crippen LogP contribution in [0, 0.1) is 6.92 Å². The molecule has 4 rings (SSSR count). The van der Waals surface area contributed by atoms with E-state index in [1.165, 1.54) is 0 Å². The second kappa shape index (κ2) is 9.02. The summed E-state index contributed by atoms with van der Waals surface area (Å²) in [5.74, 6) is 0.301. The van der Waals surface area contributed by atoms with Crippen molar-refractivity contribution in [2.24, 2.45) is 0 Å². The van der Waals surface area contributed by atoms with E-state index in [0.717, 1.165) is 22.2 Å². The first-order valence-corrected chi connectivity index (χ1v) is 10.3. The van der Waals surface area contributed by atoms with E-state index in [9.17, 15) is 9.59 Å². The van der Waals surface area contributed by atoms with Gasteiger partial charge in [0.05, 0.1) is 16.1 Å². The molecular formula is C24H21ClN4O2. The van der Waals surface area contributed by atoms with Gasteiger partial charge in [0.25, 0.3) is 5.91 Å². The van der Waals surface area contributed by atoms with Gasteiger partial charge in [0.2, 0.25) is 5.91 Å². The fourth-order valence-electron chi connectivity index (χ4n) is 3.30. The largest absolute Gasteiger partial charge is 0.352 e. The Kier molecular flexibility index (Phi) is 6.00. The number of carbonyl (C=O) groups excluding carboxylic acids is 2. The molecule has 4 aromatic rings. The number of hydrogen-bond acceptors (Lipinski definition) is 3. The number of carbonyl (C=O) groups is 2. The number of imidazole rings is 1. The fraction of sp³-hybridized carbons (Fsp3) is 0.125. The monoisotopic (exact) mass is 432 g/mol. The summed E-state index contributed by atoms with van der Waals surface area (Å²) in [5, 5.41) is 6.25. The van der Waals surface area contributed by atoms with Crippen LogP contribution in [0.3, 0.4) is 0 Å². The fourth-order valence-corrected chi connectivity index (χ4v) is 3.53. The molecule has 1 aromatic heterocycles. The van der Waals surface area contributed by atoms with E-state index in [1.807, 2.05) is 61.5 Å². The number of hydrogen-bond donors (Lipinski definition) is 3. The SMILES string of the molecule is Cc1ccccc1C(=O)NCCC(=O)Nc1ccc2nc(-c3ccccc3Cl)[nH]c2c1. The molecule has 0 atom stereocenters. The number of nitrogens with one attached hydrogen (secondary N) is 3. The van der Waals surface area contributed by atoms with Crippen molar-refractivity contribution in [2.45, 2.75) is 13.3 Å². The number of amides is 2. The number of benzene rings is 3. The number of aromatic nitrogens is 2. The summed E-state index contributed by atoms with van der Waals surface area (Å²) in [4.78, 5) is 32.3. The van der Waals surface area contributed by atoms with Gasteiger partial charge < -0.3 is 15.6 Å². The summed E-state index contributed by atoms with van der Waals surface area (Å²) in [6.07, 6.45) is 0.170. The third kappa shape index (κ3) is 4.75. The average Bonchev–Trinajstić information content (AvgIpc) is 3.17. The zero-order valence-electron chi connectivity index (χ0n) is 16.9. The van der Waals surface area contributed by atoms with Crippen molar-refractivity contribution in [1.29, 1.82) is 0 Å². The quantitative estimate of drug-likeness (QED) is 0.403. The number of fused-ring (bicyclic) bond motifs is 1. The predicted octanol–water partition coefficient (Wildman–Crippen LogP) is 4.95. The van der Waals surface area contributed by atoms with Crippen molar-refractivity contribution < 1.29 is 9.59 Å². The van der Waals surface area contributed by atoms with Gasteiger partial charge in [-0.2, -0.15) is 0 Å². The first kappa shape index (κ1) is 20.6. The number of aromatic amines is 1. The lowest BCUT2D eigenvalue weighted by molar-refractivity contribution is -0.116. The molecule has 3 aromatic carbocycles. The van der Waals surface area contributed by atoms with E-state index in [1.54, 1.807) is 12.1 Å². The van der Waals surface area contributed by atoms with E-state index in [2.05, 4.69) is 20.6 Å². The van der Waals surface area contributed by atoms with Crippen LogP contribution in [0.1, 0.15) is 22.3 Å². The highest BCUT2D eigenvalue weighted by Crippen LogP contribution is 2.28. The Hall–Kier alpha value is -3.64. The Morgan fingerprint density at radius 2 is 1.81 bits per heavy atom. The third-order valence-electron chi connectivity index (χ3n) is 4.92. The molecule has 0 fully saturated rings. The minimum Gasteiger partial charge on any atom is -0.352 e.